The van der Waals surface area contributed by atoms with Crippen LogP contribution in [0.4, 0.5) is 13.6 Å². The molecule has 4 N–H and O–H groups in total. The molecule has 1 aliphatic carbocycles. The fourth-order valence-electron chi connectivity index (χ4n) is 5.22. The predicted molar refractivity (Wildman–Crippen MR) is 149 cm³/mol. The minimum Gasteiger partial charge on any atom is -0.444 e. The van der Waals surface area contributed by atoms with Crippen LogP contribution in [0.15, 0.2) is 42.5 Å². The van der Waals surface area contributed by atoms with E-state index in [9.17, 15) is 23.8 Å². The van der Waals surface area contributed by atoms with Gasteiger partial charge >= 0.3 is 6.09 Å². The van der Waals surface area contributed by atoms with Gasteiger partial charge in [0.25, 0.3) is 0 Å². The molecule has 0 bridgehead atoms. The molecule has 0 spiro atoms. The van der Waals surface area contributed by atoms with Gasteiger partial charge in [0.15, 0.2) is 0 Å². The number of carbonyl (C=O) groups is 1. The Kier molecular flexibility index (Phi) is 9.78. The Morgan fingerprint density at radius 2 is 1.74 bits per heavy atom. The number of aliphatic hydroxyl groups is 2. The van der Waals surface area contributed by atoms with E-state index in [4.69, 9.17) is 4.74 Å². The predicted octanol–water partition coefficient (Wildman–Crippen LogP) is 5.48. The Morgan fingerprint density at radius 3 is 2.33 bits per heavy atom. The molecule has 4 atom stereocenters. The third-order valence-corrected chi connectivity index (χ3v) is 7.28. The molecule has 0 heterocycles. The highest BCUT2D eigenvalue weighted by molar-refractivity contribution is 5.68. The first kappa shape index (κ1) is 31.0. The maximum absolute atomic E-state index is 13.9. The number of carbonyl (C=O) groups excluding carboxylic acids is 1. The van der Waals surface area contributed by atoms with Gasteiger partial charge in [-0.05, 0) is 74.3 Å². The minimum atomic E-state index is -1.15. The summed E-state index contributed by atoms with van der Waals surface area (Å²) in [5, 5.41) is 28.7. The molecule has 1 aliphatic rings. The Hall–Kier alpha value is -2.55. The van der Waals surface area contributed by atoms with Crippen LogP contribution in [0, 0.1) is 11.6 Å². The molecule has 0 radical (unpaired) electrons. The highest BCUT2D eigenvalue weighted by Crippen LogP contribution is 2.39. The van der Waals surface area contributed by atoms with E-state index in [1.54, 1.807) is 20.8 Å². The molecule has 216 valence electrons. The largest absolute Gasteiger partial charge is 0.444 e. The van der Waals surface area contributed by atoms with Crippen molar-refractivity contribution in [1.82, 2.24) is 10.6 Å². The summed E-state index contributed by atoms with van der Waals surface area (Å²) in [4.78, 5) is 12.6. The number of hydrogen-bond donors (Lipinski definition) is 4. The van der Waals surface area contributed by atoms with Crippen molar-refractivity contribution in [2.45, 2.75) is 108 Å². The van der Waals surface area contributed by atoms with Crippen LogP contribution in [0.25, 0.3) is 0 Å². The average Bonchev–Trinajstić information content (AvgIpc) is 2.81. The molecule has 0 aliphatic heterocycles. The smallest absolute Gasteiger partial charge is 0.407 e. The second-order valence-electron chi connectivity index (χ2n) is 12.7. The molecule has 0 saturated heterocycles. The summed E-state index contributed by atoms with van der Waals surface area (Å²) in [7, 11) is 0. The standard InChI is InChI=1S/C31H44F2N2O4/c1-29(2,3)21-10-9-11-22(17-21)31(13-8-7-12-27(31)37)34-19-26(36)25(35-28(38)39-30(4,5)6)16-20-14-23(32)18-24(33)15-20/h9-11,14-15,17-18,25-27,34,36-37H,7-8,12-13,16,19H2,1-6H3,(H,35,38)/t25-,26+,27?,31?/m0/s1. The van der Waals surface area contributed by atoms with E-state index < -0.39 is 47.1 Å². The van der Waals surface area contributed by atoms with E-state index in [0.717, 1.165) is 30.0 Å². The second-order valence-corrected chi connectivity index (χ2v) is 12.7. The van der Waals surface area contributed by atoms with Gasteiger partial charge in [0, 0.05) is 12.6 Å². The van der Waals surface area contributed by atoms with Crippen molar-refractivity contribution in [2.24, 2.45) is 0 Å². The van der Waals surface area contributed by atoms with Crippen molar-refractivity contribution in [3.8, 4) is 0 Å². The fourth-order valence-corrected chi connectivity index (χ4v) is 5.22. The van der Waals surface area contributed by atoms with Gasteiger partial charge in [-0.25, -0.2) is 13.6 Å². The Bertz CT molecular complexity index is 1110. The first-order valence-corrected chi connectivity index (χ1v) is 13.8. The summed E-state index contributed by atoms with van der Waals surface area (Å²) in [6, 6.07) is 10.4. The van der Waals surface area contributed by atoms with Gasteiger partial charge in [-0.15, -0.1) is 0 Å². The molecule has 2 aromatic rings. The van der Waals surface area contributed by atoms with E-state index in [0.29, 0.717) is 12.8 Å². The Labute approximate surface area is 231 Å². The third-order valence-electron chi connectivity index (χ3n) is 7.28. The zero-order chi connectivity index (χ0) is 29.0. The molecule has 0 aromatic heterocycles. The number of hydrogen-bond acceptors (Lipinski definition) is 5. The van der Waals surface area contributed by atoms with Crippen LogP contribution in [0.3, 0.4) is 0 Å². The first-order valence-electron chi connectivity index (χ1n) is 13.8. The van der Waals surface area contributed by atoms with Gasteiger partial charge in [-0.2, -0.15) is 0 Å². The zero-order valence-corrected chi connectivity index (χ0v) is 24.0. The van der Waals surface area contributed by atoms with Crippen molar-refractivity contribution in [3.63, 3.8) is 0 Å². The summed E-state index contributed by atoms with van der Waals surface area (Å²) in [6.45, 7) is 11.6. The fraction of sp³-hybridized carbons (Fsp3) is 0.581. The summed E-state index contributed by atoms with van der Waals surface area (Å²) in [6.07, 6.45) is 0.504. The molecule has 1 amide bonds. The van der Waals surface area contributed by atoms with Crippen molar-refractivity contribution >= 4 is 6.09 Å². The lowest BCUT2D eigenvalue weighted by molar-refractivity contribution is 0.00698. The molecule has 1 saturated carbocycles. The summed E-state index contributed by atoms with van der Waals surface area (Å²) in [5.74, 6) is -1.48. The van der Waals surface area contributed by atoms with Crippen molar-refractivity contribution < 1.29 is 28.5 Å². The number of benzene rings is 2. The Balaban J connectivity index is 1.88. The number of ether oxygens (including phenoxy) is 1. The van der Waals surface area contributed by atoms with Gasteiger partial charge in [-0.1, -0.05) is 57.9 Å². The van der Waals surface area contributed by atoms with Crippen molar-refractivity contribution in [2.75, 3.05) is 6.54 Å². The van der Waals surface area contributed by atoms with E-state index in [-0.39, 0.29) is 23.9 Å². The molecular weight excluding hydrogens is 502 g/mol. The summed E-state index contributed by atoms with van der Waals surface area (Å²) in [5.41, 5.74) is 0.728. The number of rotatable bonds is 8. The van der Waals surface area contributed by atoms with Crippen LogP contribution in [0.1, 0.15) is 83.9 Å². The quantitative estimate of drug-likeness (QED) is 0.352. The second kappa shape index (κ2) is 12.3. The lowest BCUT2D eigenvalue weighted by Crippen LogP contribution is -2.58. The monoisotopic (exact) mass is 546 g/mol. The van der Waals surface area contributed by atoms with Crippen LogP contribution in [-0.2, 0) is 22.1 Å². The number of halogens is 2. The number of nitrogens with one attached hydrogen (secondary N) is 2. The number of aliphatic hydroxyl groups excluding tert-OH is 2. The van der Waals surface area contributed by atoms with E-state index in [1.807, 2.05) is 12.1 Å². The molecule has 2 aromatic carbocycles. The topological polar surface area (TPSA) is 90.8 Å². The molecule has 1 fully saturated rings. The SMILES string of the molecule is CC(C)(C)OC(=O)N[C@@H](Cc1cc(F)cc(F)c1)[C@H](O)CNC1(c2cccc(C(C)(C)C)c2)CCCCC1O. The molecular formula is C31H44F2N2O4. The highest BCUT2D eigenvalue weighted by atomic mass is 19.1. The van der Waals surface area contributed by atoms with Crippen LogP contribution in [-0.4, -0.2) is 46.7 Å². The zero-order valence-electron chi connectivity index (χ0n) is 24.0. The molecule has 2 unspecified atom stereocenters. The normalized spacial score (nSPS) is 21.7. The van der Waals surface area contributed by atoms with Gasteiger partial charge in [0.2, 0.25) is 0 Å². The first-order chi connectivity index (χ1) is 18.1. The van der Waals surface area contributed by atoms with Crippen molar-refractivity contribution in [3.05, 3.63) is 70.8 Å². The van der Waals surface area contributed by atoms with E-state index >= 15 is 0 Å². The number of amides is 1. The third kappa shape index (κ3) is 8.47. The molecule has 3 rings (SSSR count). The maximum atomic E-state index is 13.9. The lowest BCUT2D eigenvalue weighted by Gasteiger charge is -2.44. The molecule has 6 nitrogen and oxygen atoms in total. The Morgan fingerprint density at radius 1 is 1.08 bits per heavy atom. The maximum Gasteiger partial charge on any atom is 0.407 e. The van der Waals surface area contributed by atoms with Gasteiger partial charge in [0.05, 0.1) is 23.8 Å². The summed E-state index contributed by atoms with van der Waals surface area (Å²) < 4.78 is 33.2. The summed E-state index contributed by atoms with van der Waals surface area (Å²) >= 11 is 0. The van der Waals surface area contributed by atoms with Crippen LogP contribution in [0.2, 0.25) is 0 Å². The van der Waals surface area contributed by atoms with Gasteiger partial charge in [-0.3, -0.25) is 0 Å². The van der Waals surface area contributed by atoms with E-state index in [1.165, 1.54) is 12.1 Å². The highest BCUT2D eigenvalue weighted by Gasteiger charge is 2.42. The van der Waals surface area contributed by atoms with Crippen molar-refractivity contribution in [1.29, 1.82) is 0 Å². The molecule has 39 heavy (non-hydrogen) atoms. The van der Waals surface area contributed by atoms with Crippen LogP contribution in [0.5, 0.6) is 0 Å². The lowest BCUT2D eigenvalue weighted by atomic mass is 9.72. The van der Waals surface area contributed by atoms with Gasteiger partial charge < -0.3 is 25.6 Å². The van der Waals surface area contributed by atoms with E-state index in [2.05, 4.69) is 43.5 Å². The van der Waals surface area contributed by atoms with Gasteiger partial charge in [0.1, 0.15) is 17.2 Å². The minimum absolute atomic E-state index is 0.0220. The average molecular weight is 547 g/mol. The number of alkyl carbamates (subject to hydrolysis) is 1. The van der Waals surface area contributed by atoms with Crippen LogP contribution < -0.4 is 10.6 Å². The van der Waals surface area contributed by atoms with Crippen LogP contribution >= 0.6 is 0 Å². The molecule has 8 heteroatoms.